The van der Waals surface area contributed by atoms with E-state index < -0.39 is 0 Å². The van der Waals surface area contributed by atoms with E-state index in [0.29, 0.717) is 5.71 Å². The Labute approximate surface area is 88.3 Å². The minimum atomic E-state index is 0.239. The number of hydroxylamine groups is 1. The van der Waals surface area contributed by atoms with E-state index in [4.69, 9.17) is 11.0 Å². The van der Waals surface area contributed by atoms with Gasteiger partial charge in [0, 0.05) is 0 Å². The molecule has 1 rings (SSSR count). The number of nitrogens with one attached hydrogen (secondary N) is 1. The number of amidine groups is 1. The van der Waals surface area contributed by atoms with Gasteiger partial charge in [-0.1, -0.05) is 12.1 Å². The van der Waals surface area contributed by atoms with Crippen LogP contribution in [0.25, 0.3) is 0 Å². The molecule has 0 aliphatic rings. The summed E-state index contributed by atoms with van der Waals surface area (Å²) in [6.45, 7) is 3.62. The number of hydrogen-bond donors (Lipinski definition) is 3. The number of hydrazone groups is 1. The zero-order valence-corrected chi connectivity index (χ0v) is 8.73. The molecular weight excluding hydrogens is 192 g/mol. The van der Waals surface area contributed by atoms with Crippen LogP contribution in [0, 0.1) is 6.92 Å². The molecule has 0 heterocycles. The van der Waals surface area contributed by atoms with Crippen LogP contribution in [0.3, 0.4) is 0 Å². The zero-order chi connectivity index (χ0) is 11.3. The van der Waals surface area contributed by atoms with E-state index in [1.807, 2.05) is 36.7 Å². The molecule has 80 valence electrons. The zero-order valence-electron chi connectivity index (χ0n) is 8.73. The fraction of sp³-hybridized carbons (Fsp3) is 0.200. The maximum Gasteiger partial charge on any atom is 0.173 e. The van der Waals surface area contributed by atoms with Crippen molar-refractivity contribution < 1.29 is 5.21 Å². The maximum atomic E-state index is 8.84. The van der Waals surface area contributed by atoms with Gasteiger partial charge in [-0.15, -0.1) is 0 Å². The average Bonchev–Trinajstić information content (AvgIpc) is 2.25. The summed E-state index contributed by atoms with van der Waals surface area (Å²) in [5, 5.41) is 12.3. The van der Waals surface area contributed by atoms with E-state index in [0.717, 1.165) is 11.3 Å². The molecular formula is C10H14N4O. The topological polar surface area (TPSA) is 83.0 Å². The van der Waals surface area contributed by atoms with Crippen molar-refractivity contribution >= 4 is 17.2 Å². The van der Waals surface area contributed by atoms with Crippen LogP contribution in [0.2, 0.25) is 0 Å². The van der Waals surface area contributed by atoms with Crippen molar-refractivity contribution in [2.24, 2.45) is 15.9 Å². The Morgan fingerprint density at radius 3 is 2.73 bits per heavy atom. The van der Waals surface area contributed by atoms with Crippen molar-refractivity contribution in [1.29, 1.82) is 0 Å². The predicted octanol–water partition coefficient (Wildman–Crippen LogP) is 1.34. The number of aliphatic imine (C=N–C) groups is 1. The molecule has 0 radical (unpaired) electrons. The van der Waals surface area contributed by atoms with Crippen LogP contribution in [0.5, 0.6) is 0 Å². The van der Waals surface area contributed by atoms with Gasteiger partial charge >= 0.3 is 0 Å². The molecule has 0 atom stereocenters. The number of nitrogens with two attached hydrogens (primary N) is 1. The van der Waals surface area contributed by atoms with Crippen molar-refractivity contribution in [3.63, 3.8) is 0 Å². The number of rotatable bonds is 2. The Balaban J connectivity index is 3.03. The Morgan fingerprint density at radius 1 is 1.47 bits per heavy atom. The molecule has 4 N–H and O–H groups in total. The van der Waals surface area contributed by atoms with Gasteiger partial charge in [-0.2, -0.15) is 5.10 Å². The molecule has 0 spiro atoms. The lowest BCUT2D eigenvalue weighted by Crippen LogP contribution is -2.27. The monoisotopic (exact) mass is 206 g/mol. The minimum Gasteiger partial charge on any atom is -0.323 e. The van der Waals surface area contributed by atoms with E-state index in [9.17, 15) is 0 Å². The van der Waals surface area contributed by atoms with Gasteiger partial charge in [0.15, 0.2) is 5.84 Å². The Kier molecular flexibility index (Phi) is 3.82. The van der Waals surface area contributed by atoms with Crippen LogP contribution in [0.4, 0.5) is 5.69 Å². The third kappa shape index (κ3) is 3.07. The third-order valence-electron chi connectivity index (χ3n) is 1.88. The predicted molar refractivity (Wildman–Crippen MR) is 60.5 cm³/mol. The van der Waals surface area contributed by atoms with Gasteiger partial charge in [-0.3, -0.25) is 10.7 Å². The summed E-state index contributed by atoms with van der Waals surface area (Å²) in [6, 6.07) is 7.57. The van der Waals surface area contributed by atoms with Gasteiger partial charge in [-0.25, -0.2) is 4.99 Å². The number of nitrogens with zero attached hydrogens (tertiary/aromatic N) is 2. The first-order chi connectivity index (χ1) is 7.17. The van der Waals surface area contributed by atoms with Crippen LogP contribution < -0.4 is 11.3 Å². The SMILES string of the molecule is C/C(=N\N)C(=Nc1cccc(C)c1)NO. The highest BCUT2D eigenvalue weighted by Crippen LogP contribution is 2.13. The van der Waals surface area contributed by atoms with Crippen molar-refractivity contribution in [3.8, 4) is 0 Å². The van der Waals surface area contributed by atoms with Gasteiger partial charge in [0.1, 0.15) is 5.71 Å². The maximum absolute atomic E-state index is 8.84. The highest BCUT2D eigenvalue weighted by Gasteiger charge is 2.01. The average molecular weight is 206 g/mol. The van der Waals surface area contributed by atoms with Gasteiger partial charge in [0.05, 0.1) is 5.69 Å². The lowest BCUT2D eigenvalue weighted by Gasteiger charge is -2.03. The van der Waals surface area contributed by atoms with E-state index in [2.05, 4.69) is 10.1 Å². The van der Waals surface area contributed by atoms with Crippen molar-refractivity contribution in [2.75, 3.05) is 0 Å². The number of hydrogen-bond acceptors (Lipinski definition) is 4. The standard InChI is InChI=1S/C10H14N4O/c1-7-4-3-5-9(6-7)12-10(14-15)8(2)13-11/h3-6,15H,11H2,1-2H3,(H,12,14)/b13-8+. The molecule has 15 heavy (non-hydrogen) atoms. The Hall–Kier alpha value is -1.88. The van der Waals surface area contributed by atoms with E-state index in [1.54, 1.807) is 6.92 Å². The second-order valence-corrected chi connectivity index (χ2v) is 3.13. The summed E-state index contributed by atoms with van der Waals surface area (Å²) < 4.78 is 0. The first-order valence-corrected chi connectivity index (χ1v) is 4.47. The molecule has 0 amide bonds. The van der Waals surface area contributed by atoms with Gasteiger partial charge in [0.25, 0.3) is 0 Å². The number of benzene rings is 1. The molecule has 5 nitrogen and oxygen atoms in total. The molecule has 0 aromatic heterocycles. The van der Waals surface area contributed by atoms with Crippen molar-refractivity contribution in [1.82, 2.24) is 5.48 Å². The molecule has 1 aromatic rings. The van der Waals surface area contributed by atoms with Crippen molar-refractivity contribution in [3.05, 3.63) is 29.8 Å². The largest absolute Gasteiger partial charge is 0.323 e. The van der Waals surface area contributed by atoms with Gasteiger partial charge in [0.2, 0.25) is 0 Å². The molecule has 0 fully saturated rings. The van der Waals surface area contributed by atoms with Crippen LogP contribution >= 0.6 is 0 Å². The fourth-order valence-corrected chi connectivity index (χ4v) is 1.07. The van der Waals surface area contributed by atoms with Crippen LogP contribution in [0.1, 0.15) is 12.5 Å². The minimum absolute atomic E-state index is 0.239. The van der Waals surface area contributed by atoms with Gasteiger partial charge in [-0.05, 0) is 31.5 Å². The molecule has 0 aliphatic heterocycles. The lowest BCUT2D eigenvalue weighted by atomic mass is 10.2. The van der Waals surface area contributed by atoms with E-state index in [1.165, 1.54) is 0 Å². The quantitative estimate of drug-likeness (QED) is 0.295. The molecule has 0 aliphatic carbocycles. The van der Waals surface area contributed by atoms with Crippen LogP contribution in [-0.4, -0.2) is 16.8 Å². The Morgan fingerprint density at radius 2 is 2.20 bits per heavy atom. The third-order valence-corrected chi connectivity index (χ3v) is 1.88. The molecule has 1 aromatic carbocycles. The summed E-state index contributed by atoms with van der Waals surface area (Å²) in [6.07, 6.45) is 0. The number of aryl methyl sites for hydroxylation is 1. The van der Waals surface area contributed by atoms with Crippen LogP contribution in [0.15, 0.2) is 34.4 Å². The first-order valence-electron chi connectivity index (χ1n) is 4.47. The summed E-state index contributed by atoms with van der Waals surface area (Å²) >= 11 is 0. The molecule has 0 bridgehead atoms. The van der Waals surface area contributed by atoms with Crippen LogP contribution in [-0.2, 0) is 0 Å². The van der Waals surface area contributed by atoms with Crippen molar-refractivity contribution in [2.45, 2.75) is 13.8 Å². The van der Waals surface area contributed by atoms with E-state index in [-0.39, 0.29) is 5.84 Å². The second-order valence-electron chi connectivity index (χ2n) is 3.13. The second kappa shape index (κ2) is 5.11. The summed E-state index contributed by atoms with van der Waals surface area (Å²) in [5.74, 6) is 5.33. The van der Waals surface area contributed by atoms with E-state index >= 15 is 0 Å². The smallest absolute Gasteiger partial charge is 0.173 e. The molecule has 0 saturated carbocycles. The molecule has 0 saturated heterocycles. The highest BCUT2D eigenvalue weighted by molar-refractivity contribution is 6.40. The molecule has 0 unspecified atom stereocenters. The normalized spacial score (nSPS) is 12.7. The first kappa shape index (κ1) is 11.2. The summed E-state index contributed by atoms with van der Waals surface area (Å²) in [5.41, 5.74) is 4.21. The summed E-state index contributed by atoms with van der Waals surface area (Å²) in [4.78, 5) is 4.15. The lowest BCUT2D eigenvalue weighted by molar-refractivity contribution is 0.236. The Bertz CT molecular complexity index is 398. The van der Waals surface area contributed by atoms with Gasteiger partial charge < -0.3 is 5.84 Å². The fourth-order valence-electron chi connectivity index (χ4n) is 1.07. The molecule has 5 heteroatoms. The summed E-state index contributed by atoms with van der Waals surface area (Å²) in [7, 11) is 0. The highest BCUT2D eigenvalue weighted by atomic mass is 16.5.